The van der Waals surface area contributed by atoms with Crippen molar-refractivity contribution in [2.45, 2.75) is 12.3 Å². The Labute approximate surface area is 158 Å². The van der Waals surface area contributed by atoms with Gasteiger partial charge in [0.2, 0.25) is 11.8 Å². The predicted octanol–water partition coefficient (Wildman–Crippen LogP) is 1.95. The number of carbonyl (C=O) groups excluding carboxylic acids is 4. The van der Waals surface area contributed by atoms with Crippen LogP contribution < -0.4 is 20.9 Å². The number of imide groups is 1. The Kier molecular flexibility index (Phi) is 4.26. The first-order chi connectivity index (χ1) is 13.4. The van der Waals surface area contributed by atoms with E-state index in [9.17, 15) is 23.6 Å². The van der Waals surface area contributed by atoms with Crippen molar-refractivity contribution in [3.05, 3.63) is 53.8 Å². The molecule has 0 spiro atoms. The van der Waals surface area contributed by atoms with E-state index >= 15 is 0 Å². The fraction of sp³-hybridized carbons (Fsp3) is 0.158. The first kappa shape index (κ1) is 17.7. The second kappa shape index (κ2) is 6.76. The molecular formula is C19H15FN4O4. The summed E-state index contributed by atoms with van der Waals surface area (Å²) in [6.07, 6.45) is -0.0722. The summed E-state index contributed by atoms with van der Waals surface area (Å²) >= 11 is 0. The molecule has 142 valence electrons. The Morgan fingerprint density at radius 3 is 2.71 bits per heavy atom. The third-order valence-electron chi connectivity index (χ3n) is 4.59. The van der Waals surface area contributed by atoms with Crippen LogP contribution in [0.4, 0.5) is 26.2 Å². The number of urea groups is 1. The van der Waals surface area contributed by atoms with Crippen LogP contribution in [-0.2, 0) is 14.4 Å². The number of benzene rings is 2. The molecule has 8 nitrogen and oxygen atoms in total. The SMILES string of the molecule is O=C1CC(C(=O)Nc2cccc(N3C(=O)CNC3=O)c2)c2ccc(F)cc2N1. The van der Waals surface area contributed by atoms with E-state index in [1.165, 1.54) is 24.3 Å². The van der Waals surface area contributed by atoms with E-state index in [1.54, 1.807) is 18.2 Å². The molecule has 3 N–H and O–H groups in total. The fourth-order valence-corrected chi connectivity index (χ4v) is 3.31. The summed E-state index contributed by atoms with van der Waals surface area (Å²) in [5, 5.41) is 7.68. The topological polar surface area (TPSA) is 108 Å². The number of carbonyl (C=O) groups is 4. The molecule has 0 radical (unpaired) electrons. The molecule has 1 saturated heterocycles. The molecule has 1 fully saturated rings. The Hall–Kier alpha value is -3.75. The van der Waals surface area contributed by atoms with Gasteiger partial charge in [-0.1, -0.05) is 12.1 Å². The number of hydrogen-bond donors (Lipinski definition) is 3. The zero-order chi connectivity index (χ0) is 19.8. The summed E-state index contributed by atoms with van der Waals surface area (Å²) in [6, 6.07) is 9.61. The summed E-state index contributed by atoms with van der Waals surface area (Å²) in [5.74, 6) is -2.53. The number of rotatable bonds is 3. The summed E-state index contributed by atoms with van der Waals surface area (Å²) < 4.78 is 13.4. The molecular weight excluding hydrogens is 367 g/mol. The predicted molar refractivity (Wildman–Crippen MR) is 98.3 cm³/mol. The molecule has 0 aliphatic carbocycles. The van der Waals surface area contributed by atoms with Crippen LogP contribution in [0.5, 0.6) is 0 Å². The van der Waals surface area contributed by atoms with Crippen LogP contribution in [0.1, 0.15) is 17.9 Å². The number of nitrogens with one attached hydrogen (secondary N) is 3. The molecule has 0 saturated carbocycles. The van der Waals surface area contributed by atoms with Crippen LogP contribution in [0.2, 0.25) is 0 Å². The normalized spacial score (nSPS) is 18.4. The first-order valence-corrected chi connectivity index (χ1v) is 8.53. The first-order valence-electron chi connectivity index (χ1n) is 8.53. The van der Waals surface area contributed by atoms with Crippen molar-refractivity contribution in [1.82, 2.24) is 5.32 Å². The van der Waals surface area contributed by atoms with Gasteiger partial charge in [0.25, 0.3) is 5.91 Å². The maximum Gasteiger partial charge on any atom is 0.329 e. The number of hydrogen-bond acceptors (Lipinski definition) is 4. The largest absolute Gasteiger partial charge is 0.329 e. The van der Waals surface area contributed by atoms with Crippen LogP contribution in [0.25, 0.3) is 0 Å². The van der Waals surface area contributed by atoms with Gasteiger partial charge in [0.15, 0.2) is 0 Å². The van der Waals surface area contributed by atoms with Crippen molar-refractivity contribution in [2.75, 3.05) is 22.1 Å². The number of halogens is 1. The van der Waals surface area contributed by atoms with Gasteiger partial charge in [0.1, 0.15) is 5.82 Å². The van der Waals surface area contributed by atoms with Crippen molar-refractivity contribution in [3.8, 4) is 0 Å². The van der Waals surface area contributed by atoms with Gasteiger partial charge in [-0.3, -0.25) is 14.4 Å². The third kappa shape index (κ3) is 3.18. The van der Waals surface area contributed by atoms with E-state index in [2.05, 4.69) is 16.0 Å². The molecule has 9 heteroatoms. The smallest absolute Gasteiger partial charge is 0.328 e. The van der Waals surface area contributed by atoms with E-state index in [-0.39, 0.29) is 24.6 Å². The number of amides is 5. The lowest BCUT2D eigenvalue weighted by molar-refractivity contribution is -0.123. The van der Waals surface area contributed by atoms with Crippen LogP contribution in [0, 0.1) is 5.82 Å². The summed E-state index contributed by atoms with van der Waals surface area (Å²) in [6.45, 7) is -0.0834. The molecule has 5 amide bonds. The van der Waals surface area contributed by atoms with Crippen molar-refractivity contribution >= 4 is 40.8 Å². The highest BCUT2D eigenvalue weighted by Gasteiger charge is 2.32. The molecule has 4 rings (SSSR count). The Balaban J connectivity index is 1.58. The summed E-state index contributed by atoms with van der Waals surface area (Å²) in [5.41, 5.74) is 1.47. The maximum absolute atomic E-state index is 13.4. The molecule has 28 heavy (non-hydrogen) atoms. The lowest BCUT2D eigenvalue weighted by atomic mass is 9.89. The zero-order valence-corrected chi connectivity index (χ0v) is 14.5. The Morgan fingerprint density at radius 2 is 1.96 bits per heavy atom. The molecule has 2 aliphatic rings. The average Bonchev–Trinajstić information content (AvgIpc) is 2.99. The van der Waals surface area contributed by atoms with Gasteiger partial charge in [-0.05, 0) is 35.9 Å². The third-order valence-corrected chi connectivity index (χ3v) is 4.59. The number of fused-ring (bicyclic) bond motifs is 1. The van der Waals surface area contributed by atoms with Crippen LogP contribution in [0.15, 0.2) is 42.5 Å². The van der Waals surface area contributed by atoms with Gasteiger partial charge in [0.05, 0.1) is 18.2 Å². The molecule has 0 aromatic heterocycles. The highest BCUT2D eigenvalue weighted by molar-refractivity contribution is 6.20. The van der Waals surface area contributed by atoms with E-state index in [0.29, 0.717) is 16.9 Å². The highest BCUT2D eigenvalue weighted by atomic mass is 19.1. The molecule has 2 heterocycles. The van der Waals surface area contributed by atoms with E-state index in [4.69, 9.17) is 0 Å². The van der Waals surface area contributed by atoms with E-state index in [1.807, 2.05) is 0 Å². The molecule has 1 unspecified atom stereocenters. The zero-order valence-electron chi connectivity index (χ0n) is 14.5. The summed E-state index contributed by atoms with van der Waals surface area (Å²) in [7, 11) is 0. The van der Waals surface area contributed by atoms with Gasteiger partial charge in [-0.15, -0.1) is 0 Å². The average molecular weight is 382 g/mol. The minimum atomic E-state index is -0.787. The van der Waals surface area contributed by atoms with Crippen molar-refractivity contribution in [1.29, 1.82) is 0 Å². The van der Waals surface area contributed by atoms with Gasteiger partial charge in [-0.25, -0.2) is 14.1 Å². The van der Waals surface area contributed by atoms with E-state index < -0.39 is 29.6 Å². The Morgan fingerprint density at radius 1 is 1.14 bits per heavy atom. The van der Waals surface area contributed by atoms with Gasteiger partial charge in [-0.2, -0.15) is 0 Å². The van der Waals surface area contributed by atoms with Crippen molar-refractivity contribution < 1.29 is 23.6 Å². The number of nitrogens with zero attached hydrogens (tertiary/aromatic N) is 1. The molecule has 2 aliphatic heterocycles. The van der Waals surface area contributed by atoms with E-state index in [0.717, 1.165) is 4.90 Å². The van der Waals surface area contributed by atoms with Gasteiger partial charge < -0.3 is 16.0 Å². The molecule has 2 aromatic rings. The minimum absolute atomic E-state index is 0.0722. The summed E-state index contributed by atoms with van der Waals surface area (Å²) in [4.78, 5) is 49.3. The standard InChI is InChI=1S/C19H15FN4O4/c20-10-4-5-13-14(8-16(25)23-15(13)6-10)18(27)22-11-2-1-3-12(7-11)24-17(26)9-21-19(24)28/h1-7,14H,8-9H2,(H,21,28)(H,22,27)(H,23,25). The van der Waals surface area contributed by atoms with Crippen LogP contribution in [-0.4, -0.2) is 30.3 Å². The fourth-order valence-electron chi connectivity index (χ4n) is 3.31. The van der Waals surface area contributed by atoms with Gasteiger partial charge >= 0.3 is 6.03 Å². The van der Waals surface area contributed by atoms with Crippen LogP contribution in [0.3, 0.4) is 0 Å². The molecule has 1 atom stereocenters. The lowest BCUT2D eigenvalue weighted by Gasteiger charge is -2.25. The van der Waals surface area contributed by atoms with Crippen molar-refractivity contribution in [2.24, 2.45) is 0 Å². The van der Waals surface area contributed by atoms with Crippen molar-refractivity contribution in [3.63, 3.8) is 0 Å². The quantitative estimate of drug-likeness (QED) is 0.705. The second-order valence-corrected chi connectivity index (χ2v) is 6.46. The minimum Gasteiger partial charge on any atom is -0.328 e. The van der Waals surface area contributed by atoms with Crippen LogP contribution >= 0.6 is 0 Å². The monoisotopic (exact) mass is 382 g/mol. The number of anilines is 3. The highest BCUT2D eigenvalue weighted by Crippen LogP contribution is 2.34. The maximum atomic E-state index is 13.4. The Bertz CT molecular complexity index is 1010. The van der Waals surface area contributed by atoms with Gasteiger partial charge in [0, 0.05) is 17.8 Å². The molecule has 0 bridgehead atoms. The lowest BCUT2D eigenvalue weighted by Crippen LogP contribution is -2.31. The second-order valence-electron chi connectivity index (χ2n) is 6.46. The molecule has 2 aromatic carbocycles.